The van der Waals surface area contributed by atoms with Gasteiger partial charge in [-0.25, -0.2) is 4.98 Å². The number of hydrogen-bond acceptors (Lipinski definition) is 1. The summed E-state index contributed by atoms with van der Waals surface area (Å²) >= 11 is 1.59. The van der Waals surface area contributed by atoms with Crippen molar-refractivity contribution in [2.45, 2.75) is 6.18 Å². The molecule has 2 nitrogen and oxygen atoms in total. The van der Waals surface area contributed by atoms with Crippen molar-refractivity contribution >= 4 is 33.9 Å². The van der Waals surface area contributed by atoms with Gasteiger partial charge in [-0.2, -0.15) is 13.2 Å². The van der Waals surface area contributed by atoms with Crippen LogP contribution in [0.15, 0.2) is 24.3 Å². The van der Waals surface area contributed by atoms with Gasteiger partial charge in [-0.1, -0.05) is 12.1 Å². The molecule has 0 amide bonds. The van der Waals surface area contributed by atoms with E-state index >= 15 is 0 Å². The summed E-state index contributed by atoms with van der Waals surface area (Å²) in [6.07, 6.45) is -4.40. The normalized spacial score (nSPS) is 12.3. The molecule has 0 fully saturated rings. The van der Waals surface area contributed by atoms with Gasteiger partial charge in [0.1, 0.15) is 0 Å². The monoisotopic (exact) mass is 312 g/mol. The van der Waals surface area contributed by atoms with Crippen LogP contribution in [0.2, 0.25) is 0 Å². The highest BCUT2D eigenvalue weighted by atomic mass is 127. The van der Waals surface area contributed by atoms with Crippen LogP contribution in [-0.4, -0.2) is 7.76 Å². The fraction of sp³-hybridized carbons (Fsp3) is 0.125. The quantitative estimate of drug-likeness (QED) is 0.683. The summed E-state index contributed by atoms with van der Waals surface area (Å²) in [5.41, 5.74) is 0.828. The molecule has 0 spiro atoms. The number of halogens is 4. The van der Waals surface area contributed by atoms with Crippen LogP contribution in [0.3, 0.4) is 0 Å². The fourth-order valence-corrected chi connectivity index (χ4v) is 1.96. The molecule has 0 saturated heterocycles. The predicted octanol–water partition coefficient (Wildman–Crippen LogP) is 3.25. The molecule has 0 aliphatic carbocycles. The Morgan fingerprint density at radius 1 is 1.21 bits per heavy atom. The average molecular weight is 312 g/mol. The molecule has 0 radical (unpaired) electrons. The third-order valence-electron chi connectivity index (χ3n) is 1.76. The molecule has 1 aromatic heterocycles. The molecular formula is C8H4F3IN2. The van der Waals surface area contributed by atoms with Crippen LogP contribution in [-0.2, 0) is 6.18 Å². The minimum absolute atomic E-state index is 0.356. The van der Waals surface area contributed by atoms with Crippen LogP contribution in [0.25, 0.3) is 11.0 Å². The summed E-state index contributed by atoms with van der Waals surface area (Å²) in [5, 5.41) is 0. The topological polar surface area (TPSA) is 17.8 Å². The van der Waals surface area contributed by atoms with Gasteiger partial charge in [-0.3, -0.25) is 2.78 Å². The summed E-state index contributed by atoms with van der Waals surface area (Å²) < 4.78 is 38.2. The van der Waals surface area contributed by atoms with Crippen molar-refractivity contribution in [1.29, 1.82) is 0 Å². The maximum Gasteiger partial charge on any atom is 0.450 e. The van der Waals surface area contributed by atoms with Crippen molar-refractivity contribution in [3.63, 3.8) is 0 Å². The number of nitrogens with zero attached hydrogens (tertiary/aromatic N) is 2. The van der Waals surface area contributed by atoms with E-state index < -0.39 is 12.0 Å². The van der Waals surface area contributed by atoms with E-state index in [1.165, 1.54) is 0 Å². The van der Waals surface area contributed by atoms with Crippen LogP contribution in [0.1, 0.15) is 5.82 Å². The van der Waals surface area contributed by atoms with Crippen LogP contribution >= 0.6 is 22.9 Å². The first-order valence-corrected chi connectivity index (χ1v) is 4.67. The van der Waals surface area contributed by atoms with E-state index in [0.29, 0.717) is 11.0 Å². The van der Waals surface area contributed by atoms with Gasteiger partial charge in [-0.15, -0.1) is 0 Å². The molecule has 0 N–H and O–H groups in total. The highest BCUT2D eigenvalue weighted by Crippen LogP contribution is 2.32. The Balaban J connectivity index is 2.75. The summed E-state index contributed by atoms with van der Waals surface area (Å²) in [6, 6.07) is 6.50. The van der Waals surface area contributed by atoms with Gasteiger partial charge in [0, 0.05) is 0 Å². The predicted molar refractivity (Wildman–Crippen MR) is 54.2 cm³/mol. The number of alkyl halides is 3. The number of rotatable bonds is 0. The summed E-state index contributed by atoms with van der Waals surface area (Å²) in [5.74, 6) is -0.876. The van der Waals surface area contributed by atoms with Gasteiger partial charge in [-0.05, 0) is 12.1 Å². The van der Waals surface area contributed by atoms with E-state index in [2.05, 4.69) is 4.98 Å². The van der Waals surface area contributed by atoms with Crippen molar-refractivity contribution in [2.24, 2.45) is 0 Å². The minimum Gasteiger partial charge on any atom is -0.260 e. The number of benzene rings is 1. The smallest absolute Gasteiger partial charge is 0.260 e. The zero-order valence-corrected chi connectivity index (χ0v) is 8.87. The van der Waals surface area contributed by atoms with Gasteiger partial charge in [0.15, 0.2) is 0 Å². The van der Waals surface area contributed by atoms with Crippen molar-refractivity contribution < 1.29 is 13.2 Å². The molecule has 0 atom stereocenters. The van der Waals surface area contributed by atoms with Crippen LogP contribution in [0, 0.1) is 0 Å². The zero-order chi connectivity index (χ0) is 10.3. The third-order valence-corrected chi connectivity index (χ3v) is 2.74. The Bertz CT molecular complexity index is 475. The molecule has 2 aromatic rings. The van der Waals surface area contributed by atoms with E-state index in [-0.39, 0.29) is 0 Å². The lowest BCUT2D eigenvalue weighted by molar-refractivity contribution is -0.144. The van der Waals surface area contributed by atoms with Gasteiger partial charge >= 0.3 is 6.18 Å². The Morgan fingerprint density at radius 2 is 1.86 bits per heavy atom. The van der Waals surface area contributed by atoms with Gasteiger partial charge in [0.25, 0.3) is 0 Å². The van der Waals surface area contributed by atoms with Crippen LogP contribution in [0.4, 0.5) is 13.2 Å². The molecule has 0 unspecified atom stereocenters. The molecule has 0 aliphatic heterocycles. The lowest BCUT2D eigenvalue weighted by atomic mass is 10.3. The first-order chi connectivity index (χ1) is 6.50. The first kappa shape index (κ1) is 9.75. The second kappa shape index (κ2) is 3.11. The van der Waals surface area contributed by atoms with Crippen molar-refractivity contribution in [2.75, 3.05) is 0 Å². The highest BCUT2D eigenvalue weighted by Gasteiger charge is 2.37. The molecule has 0 bridgehead atoms. The Hall–Kier alpha value is -0.790. The number of fused-ring (bicyclic) bond motifs is 1. The molecule has 74 valence electrons. The first-order valence-electron chi connectivity index (χ1n) is 3.71. The third kappa shape index (κ3) is 1.47. The lowest BCUT2D eigenvalue weighted by Crippen LogP contribution is -2.09. The van der Waals surface area contributed by atoms with E-state index in [4.69, 9.17) is 0 Å². The largest absolute Gasteiger partial charge is 0.450 e. The molecule has 6 heteroatoms. The van der Waals surface area contributed by atoms with Gasteiger partial charge in [0.05, 0.1) is 33.9 Å². The maximum atomic E-state index is 12.4. The molecule has 1 heterocycles. The number of aromatic nitrogens is 2. The minimum atomic E-state index is -4.40. The zero-order valence-electron chi connectivity index (χ0n) is 6.72. The second-order valence-corrected chi connectivity index (χ2v) is 3.67. The Labute approximate surface area is 91.2 Å². The second-order valence-electron chi connectivity index (χ2n) is 2.70. The standard InChI is InChI=1S/C8H4F3IN2/c9-8(10,11)7-13-5-3-1-2-4-6(5)14(7)12/h1-4H. The number of hydrogen-bond donors (Lipinski definition) is 0. The molecular weight excluding hydrogens is 308 g/mol. The van der Waals surface area contributed by atoms with E-state index in [1.54, 1.807) is 47.1 Å². The van der Waals surface area contributed by atoms with Gasteiger partial charge in [0.2, 0.25) is 5.82 Å². The van der Waals surface area contributed by atoms with Crippen molar-refractivity contribution in [1.82, 2.24) is 7.76 Å². The Kier molecular flexibility index (Phi) is 2.17. The molecule has 0 saturated carbocycles. The van der Waals surface area contributed by atoms with E-state index in [1.807, 2.05) is 0 Å². The van der Waals surface area contributed by atoms with Crippen LogP contribution < -0.4 is 0 Å². The average Bonchev–Trinajstić information content (AvgIpc) is 2.44. The van der Waals surface area contributed by atoms with Gasteiger partial charge < -0.3 is 0 Å². The molecule has 1 aromatic carbocycles. The SMILES string of the molecule is FC(F)(F)c1nc2ccccc2n1I. The summed E-state index contributed by atoms with van der Waals surface area (Å²) in [4.78, 5) is 3.51. The lowest BCUT2D eigenvalue weighted by Gasteiger charge is -2.03. The highest BCUT2D eigenvalue weighted by molar-refractivity contribution is 14.1. The molecule has 0 aliphatic rings. The fourth-order valence-electron chi connectivity index (χ4n) is 1.17. The molecule has 14 heavy (non-hydrogen) atoms. The molecule has 2 rings (SSSR count). The van der Waals surface area contributed by atoms with Crippen molar-refractivity contribution in [3.05, 3.63) is 30.1 Å². The van der Waals surface area contributed by atoms with Crippen molar-refractivity contribution in [3.8, 4) is 0 Å². The Morgan fingerprint density at radius 3 is 2.43 bits per heavy atom. The van der Waals surface area contributed by atoms with E-state index in [9.17, 15) is 13.2 Å². The summed E-state index contributed by atoms with van der Waals surface area (Å²) in [7, 11) is 0. The van der Waals surface area contributed by atoms with Crippen LogP contribution in [0.5, 0.6) is 0 Å². The number of imidazole rings is 1. The summed E-state index contributed by atoms with van der Waals surface area (Å²) in [6.45, 7) is 0. The maximum absolute atomic E-state index is 12.4. The number of para-hydroxylation sites is 2. The van der Waals surface area contributed by atoms with E-state index in [0.717, 1.165) is 2.78 Å².